The second kappa shape index (κ2) is 10.0. The van der Waals surface area contributed by atoms with E-state index in [1.807, 2.05) is 6.92 Å². The second-order valence-corrected chi connectivity index (χ2v) is 5.47. The summed E-state index contributed by atoms with van der Waals surface area (Å²) in [7, 11) is 1.48. The van der Waals surface area contributed by atoms with Crippen molar-refractivity contribution in [3.63, 3.8) is 0 Å². The maximum Gasteiger partial charge on any atom is 0.160 e. The Morgan fingerprint density at radius 1 is 1.35 bits per heavy atom. The molecular formula is C18H26O5. The number of ether oxygens (including phenoxy) is 1. The monoisotopic (exact) mass is 322 g/mol. The lowest BCUT2D eigenvalue weighted by atomic mass is 9.92. The minimum Gasteiger partial charge on any atom is -0.504 e. The van der Waals surface area contributed by atoms with Crippen molar-refractivity contribution in [2.75, 3.05) is 20.3 Å². The number of hydrogen-bond donors (Lipinski definition) is 3. The highest BCUT2D eigenvalue weighted by molar-refractivity contribution is 5.90. The molecule has 0 aliphatic carbocycles. The van der Waals surface area contributed by atoms with Crippen molar-refractivity contribution in [3.8, 4) is 11.5 Å². The second-order valence-electron chi connectivity index (χ2n) is 5.47. The molecule has 0 aliphatic heterocycles. The maximum absolute atomic E-state index is 12.1. The van der Waals surface area contributed by atoms with E-state index in [1.165, 1.54) is 13.2 Å². The number of hydrogen-bond acceptors (Lipinski definition) is 5. The van der Waals surface area contributed by atoms with E-state index in [-0.39, 0.29) is 30.7 Å². The molecule has 0 unspecified atom stereocenters. The van der Waals surface area contributed by atoms with Gasteiger partial charge in [-0.15, -0.1) is 0 Å². The number of phenols is 1. The molecule has 128 valence electrons. The number of aliphatic hydroxyl groups excluding tert-OH is 2. The van der Waals surface area contributed by atoms with Crippen molar-refractivity contribution in [2.45, 2.75) is 32.6 Å². The molecule has 1 aromatic carbocycles. The number of allylic oxidation sites excluding steroid dienone is 1. The van der Waals surface area contributed by atoms with Crippen LogP contribution in [0.15, 0.2) is 29.8 Å². The van der Waals surface area contributed by atoms with Crippen molar-refractivity contribution in [3.05, 3.63) is 35.4 Å². The van der Waals surface area contributed by atoms with Crippen molar-refractivity contribution in [1.29, 1.82) is 0 Å². The highest BCUT2D eigenvalue weighted by Gasteiger charge is 2.13. The van der Waals surface area contributed by atoms with Gasteiger partial charge in [-0.2, -0.15) is 0 Å². The fraction of sp³-hybridized carbons (Fsp3) is 0.500. The van der Waals surface area contributed by atoms with Crippen LogP contribution in [0.2, 0.25) is 0 Å². The van der Waals surface area contributed by atoms with Crippen LogP contribution in [-0.4, -0.2) is 41.4 Å². The van der Waals surface area contributed by atoms with Crippen LogP contribution < -0.4 is 4.74 Å². The molecule has 0 saturated heterocycles. The Morgan fingerprint density at radius 3 is 2.65 bits per heavy atom. The van der Waals surface area contributed by atoms with E-state index >= 15 is 0 Å². The lowest BCUT2D eigenvalue weighted by Crippen LogP contribution is -2.11. The molecule has 3 N–H and O–H groups in total. The zero-order chi connectivity index (χ0) is 17.2. The summed E-state index contributed by atoms with van der Waals surface area (Å²) < 4.78 is 5.04. The summed E-state index contributed by atoms with van der Waals surface area (Å²) in [5.41, 5.74) is 1.57. The molecule has 0 spiro atoms. The van der Waals surface area contributed by atoms with Crippen LogP contribution in [0, 0.1) is 5.92 Å². The summed E-state index contributed by atoms with van der Waals surface area (Å²) in [5.74, 6) is 0.426. The molecule has 23 heavy (non-hydrogen) atoms. The SMILES string of the molecule is CC[C@@H](CCO)C(=CC(=O)CCc1ccc(O)c(OC)c1)CO. The normalized spacial score (nSPS) is 13.0. The van der Waals surface area contributed by atoms with Crippen molar-refractivity contribution in [2.24, 2.45) is 5.92 Å². The fourth-order valence-corrected chi connectivity index (χ4v) is 2.52. The Morgan fingerprint density at radius 2 is 2.09 bits per heavy atom. The topological polar surface area (TPSA) is 87.0 Å². The number of carbonyl (C=O) groups is 1. The van der Waals surface area contributed by atoms with E-state index in [0.717, 1.165) is 12.0 Å². The highest BCUT2D eigenvalue weighted by atomic mass is 16.5. The quantitative estimate of drug-likeness (QED) is 0.575. The maximum atomic E-state index is 12.1. The average Bonchev–Trinajstić information content (AvgIpc) is 2.57. The van der Waals surface area contributed by atoms with E-state index in [0.29, 0.717) is 30.6 Å². The minimum absolute atomic E-state index is 0.0303. The highest BCUT2D eigenvalue weighted by Crippen LogP contribution is 2.27. The van der Waals surface area contributed by atoms with E-state index in [1.54, 1.807) is 18.2 Å². The molecule has 0 bridgehead atoms. The predicted molar refractivity (Wildman–Crippen MR) is 88.6 cm³/mol. The van der Waals surface area contributed by atoms with Crippen LogP contribution in [0.4, 0.5) is 0 Å². The van der Waals surface area contributed by atoms with Gasteiger partial charge in [-0.05, 0) is 54.5 Å². The Labute approximate surface area is 137 Å². The third kappa shape index (κ3) is 6.04. The van der Waals surface area contributed by atoms with E-state index in [4.69, 9.17) is 9.84 Å². The number of carbonyl (C=O) groups excluding carboxylic acids is 1. The van der Waals surface area contributed by atoms with Crippen LogP contribution >= 0.6 is 0 Å². The van der Waals surface area contributed by atoms with Crippen molar-refractivity contribution in [1.82, 2.24) is 0 Å². The molecule has 0 aliphatic rings. The van der Waals surface area contributed by atoms with Crippen LogP contribution in [-0.2, 0) is 11.2 Å². The molecule has 0 radical (unpaired) electrons. The van der Waals surface area contributed by atoms with Gasteiger partial charge < -0.3 is 20.1 Å². The molecule has 5 nitrogen and oxygen atoms in total. The molecule has 5 heteroatoms. The van der Waals surface area contributed by atoms with Gasteiger partial charge in [0.05, 0.1) is 13.7 Å². The molecule has 0 heterocycles. The number of aromatic hydroxyl groups is 1. The standard InChI is InChI=1S/C18H26O5/c1-3-14(8-9-19)15(12-20)11-16(21)6-4-13-5-7-17(22)18(10-13)23-2/h5,7,10-11,14,19-20,22H,3-4,6,8-9,12H2,1-2H3/t14-/m0/s1. The smallest absolute Gasteiger partial charge is 0.160 e. The first-order valence-corrected chi connectivity index (χ1v) is 7.86. The van der Waals surface area contributed by atoms with Gasteiger partial charge in [0.2, 0.25) is 0 Å². The van der Waals surface area contributed by atoms with E-state index in [2.05, 4.69) is 0 Å². The number of phenolic OH excluding ortho intramolecular Hbond substituents is 1. The van der Waals surface area contributed by atoms with Gasteiger partial charge in [0.25, 0.3) is 0 Å². The van der Waals surface area contributed by atoms with Gasteiger partial charge in [0, 0.05) is 13.0 Å². The van der Waals surface area contributed by atoms with Crippen molar-refractivity contribution >= 4 is 5.78 Å². The van der Waals surface area contributed by atoms with Crippen LogP contribution in [0.25, 0.3) is 0 Å². The number of ketones is 1. The van der Waals surface area contributed by atoms with Gasteiger partial charge in [0.1, 0.15) is 0 Å². The number of aryl methyl sites for hydroxylation is 1. The Kier molecular flexibility index (Phi) is 8.37. The first-order valence-electron chi connectivity index (χ1n) is 7.86. The zero-order valence-corrected chi connectivity index (χ0v) is 13.8. The molecule has 1 atom stereocenters. The number of rotatable bonds is 10. The lowest BCUT2D eigenvalue weighted by molar-refractivity contribution is -0.114. The molecule has 0 amide bonds. The van der Waals surface area contributed by atoms with Crippen LogP contribution in [0.5, 0.6) is 11.5 Å². The predicted octanol–water partition coefficient (Wildman–Crippen LogP) is 2.23. The molecular weight excluding hydrogens is 296 g/mol. The first-order chi connectivity index (χ1) is 11.0. The molecule has 1 rings (SSSR count). The fourth-order valence-electron chi connectivity index (χ4n) is 2.52. The van der Waals surface area contributed by atoms with Gasteiger partial charge in [0.15, 0.2) is 17.3 Å². The third-order valence-corrected chi connectivity index (χ3v) is 3.93. The van der Waals surface area contributed by atoms with Gasteiger partial charge >= 0.3 is 0 Å². The van der Waals surface area contributed by atoms with Crippen molar-refractivity contribution < 1.29 is 24.9 Å². The summed E-state index contributed by atoms with van der Waals surface area (Å²) in [4.78, 5) is 12.1. The Balaban J connectivity index is 2.69. The summed E-state index contributed by atoms with van der Waals surface area (Å²) in [5, 5.41) is 28.0. The number of benzene rings is 1. The van der Waals surface area contributed by atoms with Gasteiger partial charge in [-0.1, -0.05) is 13.0 Å². The first kappa shape index (κ1) is 19.2. The van der Waals surface area contributed by atoms with E-state index < -0.39 is 0 Å². The van der Waals surface area contributed by atoms with Gasteiger partial charge in [-0.25, -0.2) is 0 Å². The zero-order valence-electron chi connectivity index (χ0n) is 13.8. The van der Waals surface area contributed by atoms with Crippen LogP contribution in [0.1, 0.15) is 31.7 Å². The third-order valence-electron chi connectivity index (χ3n) is 3.93. The number of aliphatic hydroxyl groups is 2. The summed E-state index contributed by atoms with van der Waals surface area (Å²) >= 11 is 0. The van der Waals surface area contributed by atoms with E-state index in [9.17, 15) is 15.0 Å². The summed E-state index contributed by atoms with van der Waals surface area (Å²) in [6, 6.07) is 5.00. The largest absolute Gasteiger partial charge is 0.504 e. The Hall–Kier alpha value is -1.85. The molecule has 0 aromatic heterocycles. The molecule has 0 saturated carbocycles. The summed E-state index contributed by atoms with van der Waals surface area (Å²) in [6.45, 7) is 1.84. The van der Waals surface area contributed by atoms with Gasteiger partial charge in [-0.3, -0.25) is 4.79 Å². The molecule has 1 aromatic rings. The lowest BCUT2D eigenvalue weighted by Gasteiger charge is -2.15. The number of methoxy groups -OCH3 is 1. The average molecular weight is 322 g/mol. The Bertz CT molecular complexity index is 536. The van der Waals surface area contributed by atoms with Crippen LogP contribution in [0.3, 0.4) is 0 Å². The molecule has 0 fully saturated rings. The summed E-state index contributed by atoms with van der Waals surface area (Å²) in [6.07, 6.45) is 3.66. The minimum atomic E-state index is -0.169.